The molecule has 0 aliphatic carbocycles. The van der Waals surface area contributed by atoms with Gasteiger partial charge in [0, 0.05) is 28.8 Å². The number of guanidine groups is 5. The number of nitrogens with one attached hydrogen (secondary N) is 10. The van der Waals surface area contributed by atoms with Gasteiger partial charge in [0.2, 0.25) is 23.8 Å². The number of para-hydroxylation sites is 2. The number of nitrogens with two attached hydrogens (primary N) is 2. The molecular weight excluding hydrogens is 1740 g/mol. The molecule has 133 heavy (non-hydrogen) atoms. The van der Waals surface area contributed by atoms with Crippen molar-refractivity contribution in [1.29, 1.82) is 0 Å². The first kappa shape index (κ1) is 114. The van der Waals surface area contributed by atoms with Crippen LogP contribution < -0.4 is 93.1 Å². The van der Waals surface area contributed by atoms with E-state index in [1.54, 1.807) is 250 Å². The number of aliphatic imine (C=N–C) groups is 6. The highest BCUT2D eigenvalue weighted by Gasteiger charge is 2.31. The Kier molecular flexibility index (Phi) is 43.9. The van der Waals surface area contributed by atoms with Gasteiger partial charge in [-0.1, -0.05) is 24.3 Å². The molecule has 0 unspecified atom stereocenters. The first-order valence-corrected chi connectivity index (χ1v) is 42.5. The summed E-state index contributed by atoms with van der Waals surface area (Å²) in [7, 11) is 1.09. The van der Waals surface area contributed by atoms with Gasteiger partial charge in [0.25, 0.3) is 0 Å². The van der Waals surface area contributed by atoms with E-state index in [0.717, 1.165) is 7.48 Å². The first-order valence-electron chi connectivity index (χ1n) is 42.5. The molecule has 46 heteroatoms. The van der Waals surface area contributed by atoms with Crippen LogP contribution in [0.15, 0.2) is 78.5 Å². The molecule has 3 aromatic carbocycles. The number of rotatable bonds is 29. The summed E-state index contributed by atoms with van der Waals surface area (Å²) in [5, 5.41) is 27.3. The van der Waals surface area contributed by atoms with Crippen molar-refractivity contribution in [2.45, 2.75) is 264 Å². The molecule has 741 valence electrons. The molecule has 0 saturated heterocycles. The molecule has 0 spiro atoms. The van der Waals surface area contributed by atoms with Crippen LogP contribution >= 0.6 is 0 Å². The van der Waals surface area contributed by atoms with Gasteiger partial charge >= 0.3 is 68.4 Å². The van der Waals surface area contributed by atoms with Crippen LogP contribution in [0.1, 0.15) is 208 Å². The number of hydrogen-bond acceptors (Lipinski definition) is 28. The maximum atomic E-state index is 13.5. The number of nitrogens with zero attached hydrogens (tertiary/aromatic N) is 6. The second-order valence-corrected chi connectivity index (χ2v) is 38.4. The predicted octanol–water partition coefficient (Wildman–Crippen LogP) is 12.2. The van der Waals surface area contributed by atoms with Crippen molar-refractivity contribution in [2.75, 3.05) is 85.6 Å². The third-order valence-electron chi connectivity index (χ3n) is 13.9. The van der Waals surface area contributed by atoms with Crippen LogP contribution in [-0.2, 0) is 52.0 Å². The molecule has 14 N–H and O–H groups in total. The standard InChI is InChI=1S/C87H138BN18O27/c1-78(2,3)124-68(107)97-62(88-123-51-89)91-39-47-121-60-54(52-34-32-36-57(118-46-41-93-64(99-70(109)126-80(7,8)9)100-71(110)127-81(10,11)12)59(52)120-49-43-95-66(103-74(113)130-84(19,20)21)104-75(114)131-85(22,23)24)37-38-55(61(60)122-50-44-96-67(105-76(115)132-86(25,26)27)106-77(116)133-87(28,29)30)53-33-31-35-56(117-45-40-92-63(90)98-69(108)125-79(4,5)6)58(53)119-48-42-94-65(101-72(111)128-82(13,14)15)102-73(112)129-83(16,17)18/h31-38H,39-51,89H2,1-30H3,(H,91,97,107)(H3,90,92,98,108)(H2,93,99,100,109,110)(H2,94,101,102,111,112)(H2,95,103,104,113,114)(H2,96,105,106,115,116). The molecule has 0 aliphatic heterocycles. The fraction of sp³-hybridized carbons (Fsp3) is 0.609. The Balaban J connectivity index is 2.80. The molecule has 0 aromatic heterocycles. The summed E-state index contributed by atoms with van der Waals surface area (Å²) in [5.41, 5.74) is 2.31. The molecule has 0 saturated carbocycles. The van der Waals surface area contributed by atoms with Gasteiger partial charge in [-0.15, -0.1) is 25.0 Å². The first-order chi connectivity index (χ1) is 61.1. The Hall–Kier alpha value is -13.0. The molecular formula is C87H138BN18O27. The van der Waals surface area contributed by atoms with Gasteiger partial charge < -0.3 is 124 Å². The number of carbonyl (C=O) groups excluding carboxylic acids is 10. The van der Waals surface area contributed by atoms with Crippen LogP contribution in [0.3, 0.4) is 0 Å². The minimum atomic E-state index is -1.11. The zero-order valence-corrected chi connectivity index (χ0v) is 82.2. The normalized spacial score (nSPS) is 12.9. The lowest BCUT2D eigenvalue weighted by molar-refractivity contribution is 0.0542. The van der Waals surface area contributed by atoms with Crippen LogP contribution in [-0.4, -0.2) is 246 Å². The average molecular weight is 1880 g/mol. The van der Waals surface area contributed by atoms with Crippen LogP contribution in [0, 0.1) is 0 Å². The van der Waals surface area contributed by atoms with E-state index >= 15 is 0 Å². The van der Waals surface area contributed by atoms with E-state index in [-0.39, 0.29) is 153 Å². The Morgan fingerprint density at radius 3 is 0.767 bits per heavy atom. The Labute approximate surface area is 778 Å². The summed E-state index contributed by atoms with van der Waals surface area (Å²) in [4.78, 5) is 157. The minimum absolute atomic E-state index is 0.00209. The van der Waals surface area contributed by atoms with Gasteiger partial charge in [-0.25, -0.2) is 47.9 Å². The maximum absolute atomic E-state index is 13.5. The fourth-order valence-electron chi connectivity index (χ4n) is 9.82. The van der Waals surface area contributed by atoms with Crippen LogP contribution in [0.4, 0.5) is 47.9 Å². The van der Waals surface area contributed by atoms with E-state index in [0.29, 0.717) is 0 Å². The number of benzene rings is 3. The Morgan fingerprint density at radius 1 is 0.278 bits per heavy atom. The third kappa shape index (κ3) is 52.6. The van der Waals surface area contributed by atoms with E-state index in [1.165, 1.54) is 6.07 Å². The topological polar surface area (TPSA) is 574 Å². The van der Waals surface area contributed by atoms with Crippen LogP contribution in [0.5, 0.6) is 34.5 Å². The van der Waals surface area contributed by atoms with Crippen molar-refractivity contribution in [2.24, 2.45) is 41.4 Å². The lowest BCUT2D eigenvalue weighted by Crippen LogP contribution is -2.45. The summed E-state index contributed by atoms with van der Waals surface area (Å²) in [6, 6.07) is 12.8. The SMILES string of the molecule is CC(C)(C)OC(=O)N=C(N)NCCOc1cccc(-c2ccc(-c3cccc(OCCNC(=NC(=O)OC(C)(C)C)NC(=O)OC(C)(C)C)c3OCCNC(=NC(=O)OC(C)(C)C)NC(=O)OC(C)(C)C)c(OCCNC([B]OCN)=NC(=O)OC(C)(C)C)c2OCCNC(=NC(=O)OC(C)(C)C)NC(=O)OC(C)(C)C)c1OCCNC(=NC(=O)OC(C)(C)C)NC(=O)OC(C)(C)C. The molecule has 0 aliphatic rings. The van der Waals surface area contributed by atoms with Crippen molar-refractivity contribution in [3.8, 4) is 56.8 Å². The maximum Gasteiger partial charge on any atom is 0.437 e. The van der Waals surface area contributed by atoms with Gasteiger partial charge in [0.05, 0.1) is 45.2 Å². The number of amides is 10. The smallest absolute Gasteiger partial charge is 0.437 e. The van der Waals surface area contributed by atoms with Crippen LogP contribution in [0.2, 0.25) is 0 Å². The summed E-state index contributed by atoms with van der Waals surface area (Å²) < 4.78 is 101. The number of carbonyl (C=O) groups is 10. The summed E-state index contributed by atoms with van der Waals surface area (Å²) in [6.45, 7) is 45.1. The van der Waals surface area contributed by atoms with Crippen molar-refractivity contribution in [3.05, 3.63) is 48.5 Å². The quantitative estimate of drug-likeness (QED) is 0.00767. The zero-order valence-electron chi connectivity index (χ0n) is 82.2. The second kappa shape index (κ2) is 51.1. The molecule has 45 nitrogen and oxygen atoms in total. The van der Waals surface area contributed by atoms with Gasteiger partial charge in [-0.2, -0.15) is 4.99 Å². The summed E-state index contributed by atoms with van der Waals surface area (Å²) in [5.74, 6) is -2.28. The molecule has 3 rings (SSSR count). The summed E-state index contributed by atoms with van der Waals surface area (Å²) >= 11 is 0. The molecule has 10 amide bonds. The largest absolute Gasteiger partial charge is 0.488 e. The van der Waals surface area contributed by atoms with E-state index in [2.05, 4.69) is 83.1 Å². The Bertz CT molecular complexity index is 4620. The Morgan fingerprint density at radius 2 is 0.504 bits per heavy atom. The minimum Gasteiger partial charge on any atom is -0.488 e. The third-order valence-corrected chi connectivity index (χ3v) is 13.9. The fourth-order valence-corrected chi connectivity index (χ4v) is 9.82. The summed E-state index contributed by atoms with van der Waals surface area (Å²) in [6.07, 6.45) is -10.3. The monoisotopic (exact) mass is 1880 g/mol. The lowest BCUT2D eigenvalue weighted by atomic mass is 9.96. The van der Waals surface area contributed by atoms with Crippen molar-refractivity contribution < 1.29 is 128 Å². The average Bonchev–Trinajstić information content (AvgIpc) is 0.761. The van der Waals surface area contributed by atoms with Crippen LogP contribution in [0.25, 0.3) is 22.3 Å². The zero-order chi connectivity index (χ0) is 101. The molecule has 0 atom stereocenters. The van der Waals surface area contributed by atoms with Crippen molar-refractivity contribution in [1.82, 2.24) is 53.2 Å². The molecule has 0 bridgehead atoms. The number of hydrogen-bond donors (Lipinski definition) is 12. The van der Waals surface area contributed by atoms with Gasteiger partial charge in [0.1, 0.15) is 95.7 Å². The van der Waals surface area contributed by atoms with E-state index < -0.39 is 141 Å². The highest BCUT2D eigenvalue weighted by Crippen LogP contribution is 2.52. The molecule has 1 radical (unpaired) electrons. The lowest BCUT2D eigenvalue weighted by Gasteiger charge is -2.24. The number of ether oxygens (including phenoxy) is 16. The van der Waals surface area contributed by atoms with Gasteiger partial charge in [0.15, 0.2) is 40.5 Å². The molecule has 0 fully saturated rings. The highest BCUT2D eigenvalue weighted by atomic mass is 16.6. The highest BCUT2D eigenvalue weighted by molar-refractivity contribution is 6.70. The van der Waals surface area contributed by atoms with E-state index in [4.69, 9.17) is 91.9 Å². The number of amidine groups is 1. The van der Waals surface area contributed by atoms with Crippen molar-refractivity contribution >= 4 is 104 Å². The predicted molar refractivity (Wildman–Crippen MR) is 498 cm³/mol. The molecule has 0 heterocycles. The van der Waals surface area contributed by atoms with E-state index in [1.807, 2.05) is 0 Å². The van der Waals surface area contributed by atoms with E-state index in [9.17, 15) is 47.9 Å². The van der Waals surface area contributed by atoms with Gasteiger partial charge in [-0.05, 0) is 232 Å². The molecule has 3 aromatic rings. The van der Waals surface area contributed by atoms with Gasteiger partial charge in [-0.3, -0.25) is 21.3 Å². The number of alkyl carbamates (subject to hydrolysis) is 4. The van der Waals surface area contributed by atoms with Crippen molar-refractivity contribution in [3.63, 3.8) is 0 Å². The second-order valence-electron chi connectivity index (χ2n) is 38.4.